The lowest BCUT2D eigenvalue weighted by molar-refractivity contribution is -0.163. The molecule has 3 saturated heterocycles. The third-order valence-corrected chi connectivity index (χ3v) is 4.99. The Kier molecular flexibility index (Phi) is 2.74. The first kappa shape index (κ1) is 11.7. The number of morpholine rings is 1. The lowest BCUT2D eigenvalue weighted by Crippen LogP contribution is -2.57. The molecule has 4 heteroatoms. The zero-order valence-corrected chi connectivity index (χ0v) is 10.9. The molecule has 3 aliphatic heterocycles. The molecule has 0 aromatic rings. The highest BCUT2D eigenvalue weighted by molar-refractivity contribution is 5.77. The van der Waals surface area contributed by atoms with E-state index in [9.17, 15) is 4.79 Å². The summed E-state index contributed by atoms with van der Waals surface area (Å²) in [6.07, 6.45) is 10.6. The van der Waals surface area contributed by atoms with Crippen LogP contribution in [0.5, 0.6) is 0 Å². The van der Waals surface area contributed by atoms with E-state index >= 15 is 0 Å². The van der Waals surface area contributed by atoms with Crippen molar-refractivity contribution < 1.29 is 14.3 Å². The van der Waals surface area contributed by atoms with E-state index in [-0.39, 0.29) is 12.0 Å². The highest BCUT2D eigenvalue weighted by atomic mass is 16.5. The van der Waals surface area contributed by atoms with Crippen molar-refractivity contribution in [3.05, 3.63) is 24.3 Å². The van der Waals surface area contributed by atoms with Gasteiger partial charge in [0.25, 0.3) is 0 Å². The number of hydrogen-bond donors (Lipinski definition) is 0. The third-order valence-electron chi connectivity index (χ3n) is 4.99. The number of allylic oxidation sites excluding steroid dienone is 3. The highest BCUT2D eigenvalue weighted by Crippen LogP contribution is 2.41. The summed E-state index contributed by atoms with van der Waals surface area (Å²) < 4.78 is 11.0. The summed E-state index contributed by atoms with van der Waals surface area (Å²) in [5.41, 5.74) is 0. The van der Waals surface area contributed by atoms with Crippen molar-refractivity contribution >= 4 is 5.97 Å². The Balaban J connectivity index is 1.62. The Morgan fingerprint density at radius 2 is 2.11 bits per heavy atom. The average Bonchev–Trinajstić information content (AvgIpc) is 3.02. The fraction of sp³-hybridized carbons (Fsp3) is 0.667. The molecule has 3 fully saturated rings. The lowest BCUT2D eigenvalue weighted by Gasteiger charge is -2.42. The molecule has 0 bridgehead atoms. The molecule has 4 nitrogen and oxygen atoms in total. The summed E-state index contributed by atoms with van der Waals surface area (Å²) in [4.78, 5) is 14.4. The average molecular weight is 261 g/mol. The van der Waals surface area contributed by atoms with Crippen molar-refractivity contribution in [1.82, 2.24) is 4.90 Å². The molecule has 102 valence electrons. The van der Waals surface area contributed by atoms with Crippen LogP contribution in [0, 0.1) is 11.8 Å². The SMILES string of the molecule is O=C1OC[C@H](C2C=CC=CC2)N2[C@@H]3COC[C@@H]3C[C@@H]12. The van der Waals surface area contributed by atoms with Crippen LogP contribution in [0.4, 0.5) is 0 Å². The van der Waals surface area contributed by atoms with Crippen molar-refractivity contribution in [3.63, 3.8) is 0 Å². The molecular formula is C15H19NO3. The number of cyclic esters (lactones) is 1. The maximum absolute atomic E-state index is 12.0. The normalized spacial score (nSPS) is 45.1. The van der Waals surface area contributed by atoms with Gasteiger partial charge in [-0.2, -0.15) is 0 Å². The Morgan fingerprint density at radius 3 is 2.95 bits per heavy atom. The van der Waals surface area contributed by atoms with E-state index in [0.29, 0.717) is 30.5 Å². The second-order valence-corrected chi connectivity index (χ2v) is 5.97. The summed E-state index contributed by atoms with van der Waals surface area (Å²) in [6.45, 7) is 2.11. The van der Waals surface area contributed by atoms with Gasteiger partial charge in [0.15, 0.2) is 0 Å². The van der Waals surface area contributed by atoms with Crippen LogP contribution in [-0.4, -0.2) is 48.8 Å². The smallest absolute Gasteiger partial charge is 0.323 e. The van der Waals surface area contributed by atoms with Crippen molar-refractivity contribution in [2.75, 3.05) is 19.8 Å². The van der Waals surface area contributed by atoms with E-state index in [4.69, 9.17) is 9.47 Å². The molecule has 0 aromatic heterocycles. The van der Waals surface area contributed by atoms with Crippen LogP contribution in [0.3, 0.4) is 0 Å². The Hall–Kier alpha value is -1.13. The molecule has 1 unspecified atom stereocenters. The van der Waals surface area contributed by atoms with Crippen LogP contribution in [0.1, 0.15) is 12.8 Å². The van der Waals surface area contributed by atoms with Crippen molar-refractivity contribution in [2.24, 2.45) is 11.8 Å². The van der Waals surface area contributed by atoms with Gasteiger partial charge in [0, 0.05) is 12.0 Å². The molecule has 4 rings (SSSR count). The zero-order valence-electron chi connectivity index (χ0n) is 10.9. The number of nitrogens with zero attached hydrogens (tertiary/aromatic N) is 1. The number of carbonyl (C=O) groups excluding carboxylic acids is 1. The van der Waals surface area contributed by atoms with Crippen LogP contribution in [0.25, 0.3) is 0 Å². The summed E-state index contributed by atoms with van der Waals surface area (Å²) in [6, 6.07) is 0.708. The van der Waals surface area contributed by atoms with Gasteiger partial charge in [-0.05, 0) is 18.8 Å². The third kappa shape index (κ3) is 1.77. The van der Waals surface area contributed by atoms with E-state index < -0.39 is 0 Å². The molecule has 3 heterocycles. The minimum Gasteiger partial charge on any atom is -0.463 e. The number of carbonyl (C=O) groups is 1. The van der Waals surface area contributed by atoms with Gasteiger partial charge in [-0.1, -0.05) is 24.3 Å². The summed E-state index contributed by atoms with van der Waals surface area (Å²) in [5, 5.41) is 0. The number of esters is 1. The maximum Gasteiger partial charge on any atom is 0.323 e. The van der Waals surface area contributed by atoms with E-state index in [0.717, 1.165) is 26.1 Å². The predicted molar refractivity (Wildman–Crippen MR) is 69.5 cm³/mol. The lowest BCUT2D eigenvalue weighted by atomic mass is 9.90. The second-order valence-electron chi connectivity index (χ2n) is 5.97. The van der Waals surface area contributed by atoms with E-state index in [2.05, 4.69) is 29.2 Å². The molecule has 0 spiro atoms. The predicted octanol–water partition coefficient (Wildman–Crippen LogP) is 1.13. The Morgan fingerprint density at radius 1 is 1.16 bits per heavy atom. The van der Waals surface area contributed by atoms with Crippen LogP contribution in [0.2, 0.25) is 0 Å². The van der Waals surface area contributed by atoms with Crippen LogP contribution in [-0.2, 0) is 14.3 Å². The monoisotopic (exact) mass is 261 g/mol. The molecular weight excluding hydrogens is 242 g/mol. The molecule has 0 N–H and O–H groups in total. The molecule has 0 amide bonds. The molecule has 0 radical (unpaired) electrons. The van der Waals surface area contributed by atoms with Crippen molar-refractivity contribution in [1.29, 1.82) is 0 Å². The van der Waals surface area contributed by atoms with Gasteiger partial charge < -0.3 is 9.47 Å². The first-order chi connectivity index (χ1) is 9.34. The zero-order chi connectivity index (χ0) is 12.8. The van der Waals surface area contributed by atoms with Gasteiger partial charge in [-0.15, -0.1) is 0 Å². The van der Waals surface area contributed by atoms with E-state index in [1.807, 2.05) is 0 Å². The summed E-state index contributed by atoms with van der Waals surface area (Å²) in [5.74, 6) is 0.946. The molecule has 1 aliphatic carbocycles. The highest BCUT2D eigenvalue weighted by Gasteiger charge is 2.53. The molecule has 19 heavy (non-hydrogen) atoms. The maximum atomic E-state index is 12.0. The van der Waals surface area contributed by atoms with Gasteiger partial charge in [-0.25, -0.2) is 0 Å². The van der Waals surface area contributed by atoms with Gasteiger partial charge in [0.05, 0.1) is 19.3 Å². The first-order valence-electron chi connectivity index (χ1n) is 7.20. The fourth-order valence-corrected chi connectivity index (χ4v) is 4.06. The number of fused-ring (bicyclic) bond motifs is 3. The number of rotatable bonds is 1. The number of hydrogen-bond acceptors (Lipinski definition) is 4. The van der Waals surface area contributed by atoms with Crippen molar-refractivity contribution in [3.8, 4) is 0 Å². The summed E-state index contributed by atoms with van der Waals surface area (Å²) in [7, 11) is 0. The largest absolute Gasteiger partial charge is 0.463 e. The van der Waals surface area contributed by atoms with Gasteiger partial charge >= 0.3 is 5.97 Å². The molecule has 0 saturated carbocycles. The topological polar surface area (TPSA) is 38.8 Å². The van der Waals surface area contributed by atoms with Gasteiger partial charge in [-0.3, -0.25) is 9.69 Å². The van der Waals surface area contributed by atoms with Gasteiger partial charge in [0.2, 0.25) is 0 Å². The minimum absolute atomic E-state index is 0.0269. The standard InChI is InChI=1S/C15H19NO3/c17-15-12-6-11-7-18-8-13(11)16(12)14(9-19-15)10-4-2-1-3-5-10/h1-4,10-14H,5-9H2/t10?,11-,12-,13+,14+/m0/s1. The van der Waals surface area contributed by atoms with Crippen molar-refractivity contribution in [2.45, 2.75) is 31.0 Å². The molecule has 5 atom stereocenters. The van der Waals surface area contributed by atoms with Crippen LogP contribution in [0.15, 0.2) is 24.3 Å². The molecule has 4 aliphatic rings. The Labute approximate surface area is 113 Å². The fourth-order valence-electron chi connectivity index (χ4n) is 4.06. The van der Waals surface area contributed by atoms with Gasteiger partial charge in [0.1, 0.15) is 12.6 Å². The molecule has 0 aromatic carbocycles. The quantitative estimate of drug-likeness (QED) is 0.663. The second kappa shape index (κ2) is 4.46. The minimum atomic E-state index is -0.0306. The van der Waals surface area contributed by atoms with Crippen LogP contribution >= 0.6 is 0 Å². The Bertz CT molecular complexity index is 445. The first-order valence-corrected chi connectivity index (χ1v) is 7.20. The van der Waals surface area contributed by atoms with E-state index in [1.54, 1.807) is 0 Å². The number of ether oxygens (including phenoxy) is 2. The van der Waals surface area contributed by atoms with Crippen LogP contribution < -0.4 is 0 Å². The summed E-state index contributed by atoms with van der Waals surface area (Å²) >= 11 is 0. The van der Waals surface area contributed by atoms with E-state index in [1.165, 1.54) is 0 Å².